The van der Waals surface area contributed by atoms with Gasteiger partial charge < -0.3 is 19.3 Å². The Kier molecular flexibility index (Phi) is 6.63. The number of hydrogen-bond acceptors (Lipinski definition) is 5. The zero-order valence-corrected chi connectivity index (χ0v) is 14.6. The van der Waals surface area contributed by atoms with Crippen molar-refractivity contribution < 1.29 is 24.1 Å². The maximum atomic E-state index is 11.1. The highest BCUT2D eigenvalue weighted by Crippen LogP contribution is 2.32. The highest BCUT2D eigenvalue weighted by molar-refractivity contribution is 5.97. The number of hydrogen-bond donors (Lipinski definition) is 1. The Labute approximate surface area is 151 Å². The number of rotatable bonds is 8. The number of methoxy groups -OCH3 is 1. The standard InChI is InChI=1S/C20H19NO5/c1-14-6-8-17(9-7-14)25-10-11-26-19-15(4-3-5-18(19)24-2)12-16(13-21)20(22)23/h3-9,12H,10-11H2,1-2H3,(H,22,23). The molecule has 0 aromatic heterocycles. The molecule has 0 aliphatic rings. The van der Waals surface area contributed by atoms with Gasteiger partial charge in [0.15, 0.2) is 11.5 Å². The molecular formula is C20H19NO5. The number of nitriles is 1. The average molecular weight is 353 g/mol. The molecule has 0 radical (unpaired) electrons. The largest absolute Gasteiger partial charge is 0.493 e. The van der Waals surface area contributed by atoms with Gasteiger partial charge in [-0.2, -0.15) is 5.26 Å². The molecule has 0 aliphatic heterocycles. The number of aryl methyl sites for hydroxylation is 1. The Morgan fingerprint density at radius 1 is 1.15 bits per heavy atom. The van der Waals surface area contributed by atoms with Crippen LogP contribution in [0, 0.1) is 18.3 Å². The van der Waals surface area contributed by atoms with Crippen LogP contribution in [-0.4, -0.2) is 31.4 Å². The second kappa shape index (κ2) is 9.14. The molecule has 6 nitrogen and oxygen atoms in total. The summed E-state index contributed by atoms with van der Waals surface area (Å²) < 4.78 is 16.6. The van der Waals surface area contributed by atoms with Crippen LogP contribution in [0.5, 0.6) is 17.2 Å². The van der Waals surface area contributed by atoms with Crippen LogP contribution in [-0.2, 0) is 4.79 Å². The first-order valence-corrected chi connectivity index (χ1v) is 7.89. The molecule has 2 aromatic carbocycles. The van der Waals surface area contributed by atoms with Crippen molar-refractivity contribution in [3.05, 3.63) is 59.2 Å². The highest BCUT2D eigenvalue weighted by Gasteiger charge is 2.13. The second-order valence-electron chi connectivity index (χ2n) is 5.36. The summed E-state index contributed by atoms with van der Waals surface area (Å²) in [5.74, 6) is 0.231. The van der Waals surface area contributed by atoms with E-state index in [0.717, 1.165) is 11.3 Å². The minimum absolute atomic E-state index is 0.226. The molecule has 6 heteroatoms. The lowest BCUT2D eigenvalue weighted by atomic mass is 10.1. The van der Waals surface area contributed by atoms with Gasteiger partial charge in [0.25, 0.3) is 0 Å². The van der Waals surface area contributed by atoms with E-state index in [0.29, 0.717) is 23.7 Å². The third kappa shape index (κ3) is 5.02. The summed E-state index contributed by atoms with van der Waals surface area (Å²) >= 11 is 0. The lowest BCUT2D eigenvalue weighted by Gasteiger charge is -2.14. The van der Waals surface area contributed by atoms with Gasteiger partial charge in [-0.1, -0.05) is 29.8 Å². The van der Waals surface area contributed by atoms with E-state index < -0.39 is 5.97 Å². The SMILES string of the molecule is COc1cccc(C=C(C#N)C(=O)O)c1OCCOc1ccc(C)cc1. The average Bonchev–Trinajstić information content (AvgIpc) is 2.64. The van der Waals surface area contributed by atoms with Crippen molar-refractivity contribution in [2.75, 3.05) is 20.3 Å². The van der Waals surface area contributed by atoms with E-state index in [9.17, 15) is 4.79 Å². The smallest absolute Gasteiger partial charge is 0.346 e. The molecule has 2 aromatic rings. The van der Waals surface area contributed by atoms with Gasteiger partial charge in [0.1, 0.15) is 30.6 Å². The first-order valence-electron chi connectivity index (χ1n) is 7.89. The Hall–Kier alpha value is -3.46. The number of carboxylic acids is 1. The first kappa shape index (κ1) is 18.9. The fraction of sp³-hybridized carbons (Fsp3) is 0.200. The third-order valence-corrected chi connectivity index (χ3v) is 3.50. The van der Waals surface area contributed by atoms with Crippen molar-refractivity contribution >= 4 is 12.0 Å². The molecule has 26 heavy (non-hydrogen) atoms. The van der Waals surface area contributed by atoms with Gasteiger partial charge in [-0.3, -0.25) is 0 Å². The number of carboxylic acid groups (broad SMARTS) is 1. The molecule has 0 aliphatic carbocycles. The van der Waals surface area contributed by atoms with Crippen LogP contribution in [0.2, 0.25) is 0 Å². The number of carbonyl (C=O) groups is 1. The Morgan fingerprint density at radius 2 is 1.85 bits per heavy atom. The minimum Gasteiger partial charge on any atom is -0.493 e. The van der Waals surface area contributed by atoms with E-state index in [1.807, 2.05) is 31.2 Å². The zero-order valence-electron chi connectivity index (χ0n) is 14.6. The van der Waals surface area contributed by atoms with E-state index in [1.54, 1.807) is 24.3 Å². The van der Waals surface area contributed by atoms with Gasteiger partial charge in [0.05, 0.1) is 7.11 Å². The van der Waals surface area contributed by atoms with Crippen molar-refractivity contribution in [2.24, 2.45) is 0 Å². The normalized spacial score (nSPS) is 10.7. The molecule has 0 atom stereocenters. The quantitative estimate of drug-likeness (QED) is 0.444. The summed E-state index contributed by atoms with van der Waals surface area (Å²) in [4.78, 5) is 11.1. The zero-order chi connectivity index (χ0) is 18.9. The fourth-order valence-corrected chi connectivity index (χ4v) is 2.20. The van der Waals surface area contributed by atoms with Crippen molar-refractivity contribution in [3.63, 3.8) is 0 Å². The molecule has 2 rings (SSSR count). The van der Waals surface area contributed by atoms with E-state index in [2.05, 4.69) is 0 Å². The number of ether oxygens (including phenoxy) is 3. The number of nitrogens with zero attached hydrogens (tertiary/aromatic N) is 1. The van der Waals surface area contributed by atoms with E-state index >= 15 is 0 Å². The van der Waals surface area contributed by atoms with Gasteiger partial charge in [0, 0.05) is 5.56 Å². The van der Waals surface area contributed by atoms with Crippen LogP contribution in [0.3, 0.4) is 0 Å². The minimum atomic E-state index is -1.30. The maximum Gasteiger partial charge on any atom is 0.346 e. The van der Waals surface area contributed by atoms with Gasteiger partial charge in [-0.05, 0) is 31.2 Å². The molecule has 0 amide bonds. The van der Waals surface area contributed by atoms with Crippen LogP contribution in [0.25, 0.3) is 6.08 Å². The third-order valence-electron chi connectivity index (χ3n) is 3.50. The summed E-state index contributed by atoms with van der Waals surface area (Å²) in [5, 5.41) is 18.0. The van der Waals surface area contributed by atoms with Crippen LogP contribution in [0.4, 0.5) is 0 Å². The van der Waals surface area contributed by atoms with Crippen molar-refractivity contribution in [1.82, 2.24) is 0 Å². The van der Waals surface area contributed by atoms with Gasteiger partial charge in [-0.15, -0.1) is 0 Å². The highest BCUT2D eigenvalue weighted by atomic mass is 16.5. The van der Waals surface area contributed by atoms with E-state index in [-0.39, 0.29) is 12.2 Å². The summed E-state index contributed by atoms with van der Waals surface area (Å²) in [6, 6.07) is 14.3. The summed E-state index contributed by atoms with van der Waals surface area (Å²) in [6.07, 6.45) is 1.25. The van der Waals surface area contributed by atoms with Gasteiger partial charge in [-0.25, -0.2) is 4.79 Å². The molecular weight excluding hydrogens is 334 g/mol. The molecule has 0 heterocycles. The van der Waals surface area contributed by atoms with Crippen LogP contribution >= 0.6 is 0 Å². The number of para-hydroxylation sites is 1. The molecule has 0 spiro atoms. The molecule has 0 bridgehead atoms. The molecule has 0 saturated carbocycles. The van der Waals surface area contributed by atoms with Crippen molar-refractivity contribution in [2.45, 2.75) is 6.92 Å². The Morgan fingerprint density at radius 3 is 2.46 bits per heavy atom. The second-order valence-corrected chi connectivity index (χ2v) is 5.36. The number of aliphatic carboxylic acids is 1. The van der Waals surface area contributed by atoms with Gasteiger partial charge in [0.2, 0.25) is 0 Å². The first-order chi connectivity index (χ1) is 12.5. The lowest BCUT2D eigenvalue weighted by Crippen LogP contribution is -2.10. The Balaban J connectivity index is 2.11. The summed E-state index contributed by atoms with van der Waals surface area (Å²) in [6.45, 7) is 2.52. The predicted octanol–water partition coefficient (Wildman–Crippen LogP) is 3.45. The predicted molar refractivity (Wildman–Crippen MR) is 96.4 cm³/mol. The Bertz CT molecular complexity index is 834. The molecule has 0 unspecified atom stereocenters. The van der Waals surface area contributed by atoms with E-state index in [4.69, 9.17) is 24.6 Å². The van der Waals surface area contributed by atoms with Crippen molar-refractivity contribution in [1.29, 1.82) is 5.26 Å². The molecule has 134 valence electrons. The molecule has 1 N–H and O–H groups in total. The monoisotopic (exact) mass is 353 g/mol. The lowest BCUT2D eigenvalue weighted by molar-refractivity contribution is -0.132. The fourth-order valence-electron chi connectivity index (χ4n) is 2.20. The van der Waals surface area contributed by atoms with Crippen LogP contribution in [0.15, 0.2) is 48.0 Å². The van der Waals surface area contributed by atoms with Crippen molar-refractivity contribution in [3.8, 4) is 23.3 Å². The van der Waals surface area contributed by atoms with Crippen LogP contribution in [0.1, 0.15) is 11.1 Å². The molecule has 0 fully saturated rings. The van der Waals surface area contributed by atoms with E-state index in [1.165, 1.54) is 13.2 Å². The maximum absolute atomic E-state index is 11.1. The topological polar surface area (TPSA) is 88.8 Å². The molecule has 0 saturated heterocycles. The number of benzene rings is 2. The van der Waals surface area contributed by atoms with Crippen LogP contribution < -0.4 is 14.2 Å². The summed E-state index contributed by atoms with van der Waals surface area (Å²) in [7, 11) is 1.49. The van der Waals surface area contributed by atoms with Gasteiger partial charge >= 0.3 is 5.97 Å². The summed E-state index contributed by atoms with van der Waals surface area (Å²) in [5.41, 5.74) is 1.20.